The van der Waals surface area contributed by atoms with Crippen LogP contribution in [0.2, 0.25) is 0 Å². The highest BCUT2D eigenvalue weighted by Crippen LogP contribution is 2.38. The molecule has 2 atom stereocenters. The van der Waals surface area contributed by atoms with E-state index < -0.39 is 17.1 Å². The van der Waals surface area contributed by atoms with Gasteiger partial charge in [0.25, 0.3) is 17.1 Å². The summed E-state index contributed by atoms with van der Waals surface area (Å²) in [6, 6.07) is 0. The van der Waals surface area contributed by atoms with Gasteiger partial charge in [0.15, 0.2) is 0 Å². The zero-order valence-corrected chi connectivity index (χ0v) is 13.5. The first kappa shape index (κ1) is 18.6. The lowest BCUT2D eigenvalue weighted by atomic mass is 10.7. The van der Waals surface area contributed by atoms with Gasteiger partial charge in [0.1, 0.15) is 0 Å². The molecule has 0 amide bonds. The molecule has 18 heavy (non-hydrogen) atoms. The van der Waals surface area contributed by atoms with Gasteiger partial charge in [0.2, 0.25) is 0 Å². The molecule has 0 aromatic carbocycles. The summed E-state index contributed by atoms with van der Waals surface area (Å²) in [5, 5.41) is 0. The Bertz CT molecular complexity index is 175. The molecule has 0 bridgehead atoms. The van der Waals surface area contributed by atoms with Crippen molar-refractivity contribution in [1.82, 2.24) is 9.34 Å². The molecule has 0 spiro atoms. The van der Waals surface area contributed by atoms with Crippen LogP contribution >= 0.6 is 17.1 Å². The van der Waals surface area contributed by atoms with Crippen LogP contribution in [0, 0.1) is 0 Å². The summed E-state index contributed by atoms with van der Waals surface area (Å²) in [5.41, 5.74) is 0. The van der Waals surface area contributed by atoms with Crippen molar-refractivity contribution in [2.24, 2.45) is 0 Å². The second kappa shape index (κ2) is 11.4. The lowest BCUT2D eigenvalue weighted by Crippen LogP contribution is -2.20. The lowest BCUT2D eigenvalue weighted by molar-refractivity contribution is 0.184. The normalized spacial score (nSPS) is 15.3. The Morgan fingerprint density at radius 2 is 1.00 bits per heavy atom. The van der Waals surface area contributed by atoms with Gasteiger partial charge in [0, 0.05) is 26.2 Å². The standard InChI is InChI=1S/C10H26N2O4P2/c1-5-11(6-2)17(13)15-9-10-16-18(14)12(7-3)8-4/h13-14H,5-10H2,1-4H3. The maximum absolute atomic E-state index is 9.72. The van der Waals surface area contributed by atoms with Gasteiger partial charge in [-0.15, -0.1) is 0 Å². The van der Waals surface area contributed by atoms with Gasteiger partial charge in [-0.2, -0.15) is 0 Å². The molecule has 0 saturated heterocycles. The first-order chi connectivity index (χ1) is 8.60. The molecule has 2 N–H and O–H groups in total. The van der Waals surface area contributed by atoms with Crippen LogP contribution in [-0.2, 0) is 9.05 Å². The van der Waals surface area contributed by atoms with Crippen molar-refractivity contribution in [2.45, 2.75) is 27.7 Å². The van der Waals surface area contributed by atoms with E-state index in [0.29, 0.717) is 13.2 Å². The lowest BCUT2D eigenvalue weighted by Gasteiger charge is -2.24. The van der Waals surface area contributed by atoms with Crippen molar-refractivity contribution >= 4 is 17.1 Å². The third-order valence-corrected chi connectivity index (χ3v) is 5.37. The Morgan fingerprint density at radius 1 is 0.722 bits per heavy atom. The van der Waals surface area contributed by atoms with E-state index in [1.165, 1.54) is 0 Å². The fraction of sp³-hybridized carbons (Fsp3) is 1.00. The number of nitrogens with zero attached hydrogens (tertiary/aromatic N) is 2. The Balaban J connectivity index is 3.72. The SMILES string of the molecule is CCN(CC)P(O)OCCOP(O)N(CC)CC. The third-order valence-electron chi connectivity index (χ3n) is 2.44. The average Bonchev–Trinajstić information content (AvgIpc) is 2.37. The zero-order valence-electron chi connectivity index (χ0n) is 11.7. The highest BCUT2D eigenvalue weighted by molar-refractivity contribution is 7.43. The molecule has 0 heterocycles. The van der Waals surface area contributed by atoms with Crippen molar-refractivity contribution in [3.05, 3.63) is 0 Å². The summed E-state index contributed by atoms with van der Waals surface area (Å²) in [6.07, 6.45) is 0. The van der Waals surface area contributed by atoms with Gasteiger partial charge in [0.05, 0.1) is 13.2 Å². The molecule has 0 aliphatic heterocycles. The smallest absolute Gasteiger partial charge is 0.255 e. The molecule has 0 aliphatic carbocycles. The van der Waals surface area contributed by atoms with E-state index in [2.05, 4.69) is 0 Å². The molecule has 0 radical (unpaired) electrons. The molecule has 110 valence electrons. The number of rotatable bonds is 11. The minimum Gasteiger partial charge on any atom is -0.338 e. The zero-order chi connectivity index (χ0) is 14.0. The topological polar surface area (TPSA) is 65.4 Å². The van der Waals surface area contributed by atoms with Gasteiger partial charge >= 0.3 is 0 Å². The minimum absolute atomic E-state index is 0.291. The van der Waals surface area contributed by atoms with E-state index in [0.717, 1.165) is 26.2 Å². The Morgan fingerprint density at radius 3 is 1.22 bits per heavy atom. The molecular formula is C10H26N2O4P2. The minimum atomic E-state index is -1.53. The Hall–Kier alpha value is 0.620. The quantitative estimate of drug-likeness (QED) is 0.450. The van der Waals surface area contributed by atoms with Crippen molar-refractivity contribution in [3.63, 3.8) is 0 Å². The molecule has 0 aromatic heterocycles. The summed E-state index contributed by atoms with van der Waals surface area (Å²) < 4.78 is 14.3. The Kier molecular flexibility index (Phi) is 11.8. The van der Waals surface area contributed by atoms with E-state index in [4.69, 9.17) is 9.05 Å². The monoisotopic (exact) mass is 300 g/mol. The van der Waals surface area contributed by atoms with Gasteiger partial charge in [-0.25, -0.2) is 9.34 Å². The van der Waals surface area contributed by atoms with Crippen molar-refractivity contribution in [1.29, 1.82) is 0 Å². The molecular weight excluding hydrogens is 274 g/mol. The fourth-order valence-corrected chi connectivity index (χ4v) is 3.10. The molecule has 0 fully saturated rings. The maximum Gasteiger partial charge on any atom is 0.255 e. The molecule has 0 aromatic rings. The summed E-state index contributed by atoms with van der Waals surface area (Å²) in [6.45, 7) is 11.5. The van der Waals surface area contributed by atoms with Crippen LogP contribution < -0.4 is 0 Å². The largest absolute Gasteiger partial charge is 0.338 e. The van der Waals surface area contributed by atoms with E-state index >= 15 is 0 Å². The first-order valence-electron chi connectivity index (χ1n) is 6.34. The van der Waals surface area contributed by atoms with Crippen LogP contribution in [-0.4, -0.2) is 58.5 Å². The van der Waals surface area contributed by atoms with Crippen LogP contribution in [0.4, 0.5) is 0 Å². The van der Waals surface area contributed by atoms with Crippen LogP contribution in [0.1, 0.15) is 27.7 Å². The highest BCUT2D eigenvalue weighted by atomic mass is 31.2. The summed E-state index contributed by atoms with van der Waals surface area (Å²) in [7, 11) is -3.06. The number of hydrogen-bond donors (Lipinski definition) is 2. The fourth-order valence-electron chi connectivity index (χ4n) is 1.33. The predicted molar refractivity (Wildman–Crippen MR) is 76.0 cm³/mol. The van der Waals surface area contributed by atoms with Crippen LogP contribution in [0.3, 0.4) is 0 Å². The van der Waals surface area contributed by atoms with Crippen molar-refractivity contribution < 1.29 is 18.8 Å². The average molecular weight is 300 g/mol. The van der Waals surface area contributed by atoms with E-state index in [1.54, 1.807) is 0 Å². The van der Waals surface area contributed by atoms with Crippen LogP contribution in [0.5, 0.6) is 0 Å². The van der Waals surface area contributed by atoms with Gasteiger partial charge < -0.3 is 18.8 Å². The third kappa shape index (κ3) is 7.27. The second-order valence-corrected chi connectivity index (χ2v) is 6.11. The van der Waals surface area contributed by atoms with E-state index in [1.807, 2.05) is 37.0 Å². The number of hydrogen-bond acceptors (Lipinski definition) is 6. The molecule has 0 aliphatic rings. The summed E-state index contributed by atoms with van der Waals surface area (Å²) in [4.78, 5) is 19.4. The molecule has 2 unspecified atom stereocenters. The van der Waals surface area contributed by atoms with Crippen LogP contribution in [0.25, 0.3) is 0 Å². The Labute approximate surface area is 113 Å². The first-order valence-corrected chi connectivity index (χ1v) is 8.67. The second-order valence-electron chi connectivity index (χ2n) is 3.45. The van der Waals surface area contributed by atoms with Gasteiger partial charge in [-0.3, -0.25) is 0 Å². The highest BCUT2D eigenvalue weighted by Gasteiger charge is 2.16. The molecule has 0 rings (SSSR count). The molecule has 8 heteroatoms. The van der Waals surface area contributed by atoms with Crippen molar-refractivity contribution in [3.8, 4) is 0 Å². The maximum atomic E-state index is 9.72. The van der Waals surface area contributed by atoms with Crippen molar-refractivity contribution in [2.75, 3.05) is 39.4 Å². The van der Waals surface area contributed by atoms with Gasteiger partial charge in [-0.05, 0) is 0 Å². The van der Waals surface area contributed by atoms with Gasteiger partial charge in [-0.1, -0.05) is 27.7 Å². The van der Waals surface area contributed by atoms with E-state index in [9.17, 15) is 9.79 Å². The van der Waals surface area contributed by atoms with E-state index in [-0.39, 0.29) is 0 Å². The predicted octanol–water partition coefficient (Wildman–Crippen LogP) is 2.14. The van der Waals surface area contributed by atoms with Crippen LogP contribution in [0.15, 0.2) is 0 Å². The molecule has 6 nitrogen and oxygen atoms in total. The summed E-state index contributed by atoms with van der Waals surface area (Å²) in [5.74, 6) is 0. The molecule has 0 saturated carbocycles. The summed E-state index contributed by atoms with van der Waals surface area (Å²) >= 11 is 0.